The van der Waals surface area contributed by atoms with Crippen LogP contribution in [-0.2, 0) is 11.2 Å². The third kappa shape index (κ3) is 4.48. The molecule has 0 saturated carbocycles. The molecule has 136 valence electrons. The Morgan fingerprint density at radius 2 is 2.04 bits per heavy atom. The number of likely N-dealkylation sites (tertiary alicyclic amines) is 1. The summed E-state index contributed by atoms with van der Waals surface area (Å²) in [6.07, 6.45) is 4.57. The Morgan fingerprint density at radius 1 is 1.23 bits per heavy atom. The quantitative estimate of drug-likeness (QED) is 0.801. The summed E-state index contributed by atoms with van der Waals surface area (Å²) in [4.78, 5) is 31.2. The van der Waals surface area contributed by atoms with Gasteiger partial charge in [-0.05, 0) is 30.9 Å². The summed E-state index contributed by atoms with van der Waals surface area (Å²) in [5.74, 6) is 0.536. The molecule has 26 heavy (non-hydrogen) atoms. The number of nitrogens with zero attached hydrogens (tertiary/aromatic N) is 2. The molecule has 5 heteroatoms. The highest BCUT2D eigenvalue weighted by Crippen LogP contribution is 2.22. The summed E-state index contributed by atoms with van der Waals surface area (Å²) in [6, 6.07) is 13.4. The highest BCUT2D eigenvalue weighted by molar-refractivity contribution is 5.95. The number of hydrogen-bond acceptors (Lipinski definition) is 4. The van der Waals surface area contributed by atoms with Crippen LogP contribution in [0.2, 0.25) is 0 Å². The maximum Gasteiger partial charge on any atom is 0.254 e. The van der Waals surface area contributed by atoms with Gasteiger partial charge in [-0.1, -0.05) is 30.3 Å². The van der Waals surface area contributed by atoms with Crippen LogP contribution in [0, 0.1) is 5.92 Å². The van der Waals surface area contributed by atoms with Crippen molar-refractivity contribution in [2.75, 3.05) is 20.2 Å². The van der Waals surface area contributed by atoms with Gasteiger partial charge in [-0.3, -0.25) is 9.59 Å². The van der Waals surface area contributed by atoms with Crippen molar-refractivity contribution in [3.05, 3.63) is 59.8 Å². The second-order valence-corrected chi connectivity index (χ2v) is 6.63. The lowest BCUT2D eigenvalue weighted by Crippen LogP contribution is -2.42. The molecular formula is C21H24N2O3. The minimum Gasteiger partial charge on any atom is -0.481 e. The van der Waals surface area contributed by atoms with Crippen molar-refractivity contribution in [3.63, 3.8) is 0 Å². The Balaban J connectivity index is 1.59. The molecule has 1 unspecified atom stereocenters. The van der Waals surface area contributed by atoms with Crippen molar-refractivity contribution < 1.29 is 14.3 Å². The fourth-order valence-electron chi connectivity index (χ4n) is 3.38. The molecule has 3 rings (SSSR count). The topological polar surface area (TPSA) is 59.5 Å². The number of piperidine rings is 1. The van der Waals surface area contributed by atoms with E-state index in [4.69, 9.17) is 4.74 Å². The number of carbonyl (C=O) groups is 2. The fraction of sp³-hybridized carbons (Fsp3) is 0.381. The van der Waals surface area contributed by atoms with Gasteiger partial charge in [0.05, 0.1) is 7.11 Å². The van der Waals surface area contributed by atoms with E-state index in [-0.39, 0.29) is 17.6 Å². The monoisotopic (exact) mass is 352 g/mol. The minimum atomic E-state index is -0.0693. The van der Waals surface area contributed by atoms with Crippen molar-refractivity contribution in [2.24, 2.45) is 5.92 Å². The fourth-order valence-corrected chi connectivity index (χ4v) is 3.38. The number of methoxy groups -OCH3 is 1. The van der Waals surface area contributed by atoms with Crippen LogP contribution < -0.4 is 4.74 Å². The van der Waals surface area contributed by atoms with Crippen LogP contribution in [0.1, 0.15) is 35.2 Å². The number of ketones is 1. The zero-order chi connectivity index (χ0) is 18.4. The summed E-state index contributed by atoms with van der Waals surface area (Å²) in [6.45, 7) is 1.18. The van der Waals surface area contributed by atoms with E-state index in [0.717, 1.165) is 19.3 Å². The van der Waals surface area contributed by atoms with Gasteiger partial charge < -0.3 is 9.64 Å². The summed E-state index contributed by atoms with van der Waals surface area (Å²) in [7, 11) is 1.53. The molecule has 0 spiro atoms. The average molecular weight is 352 g/mol. The lowest BCUT2D eigenvalue weighted by molar-refractivity contribution is -0.124. The van der Waals surface area contributed by atoms with Gasteiger partial charge in [-0.25, -0.2) is 4.98 Å². The molecule has 2 aromatic rings. The molecule has 1 saturated heterocycles. The molecule has 0 bridgehead atoms. The van der Waals surface area contributed by atoms with E-state index in [1.165, 1.54) is 12.7 Å². The van der Waals surface area contributed by atoms with Gasteiger partial charge >= 0.3 is 0 Å². The molecule has 1 amide bonds. The predicted octanol–water partition coefficient (Wildman–Crippen LogP) is 3.14. The Hall–Kier alpha value is -2.69. The molecular weight excluding hydrogens is 328 g/mol. The van der Waals surface area contributed by atoms with E-state index < -0.39 is 0 Å². The van der Waals surface area contributed by atoms with Crippen LogP contribution in [0.5, 0.6) is 5.88 Å². The normalized spacial score (nSPS) is 17.0. The van der Waals surface area contributed by atoms with Crippen molar-refractivity contribution in [1.29, 1.82) is 0 Å². The molecule has 0 radical (unpaired) electrons. The van der Waals surface area contributed by atoms with E-state index in [1.807, 2.05) is 30.3 Å². The third-order valence-electron chi connectivity index (χ3n) is 4.86. The van der Waals surface area contributed by atoms with Crippen molar-refractivity contribution in [1.82, 2.24) is 9.88 Å². The number of pyridine rings is 1. The Kier molecular flexibility index (Phi) is 6.00. The molecule has 5 nitrogen and oxygen atoms in total. The smallest absolute Gasteiger partial charge is 0.254 e. The van der Waals surface area contributed by atoms with Crippen LogP contribution in [0.25, 0.3) is 0 Å². The molecule has 1 fully saturated rings. The van der Waals surface area contributed by atoms with Crippen molar-refractivity contribution >= 4 is 11.7 Å². The molecule has 1 atom stereocenters. The number of aryl methyl sites for hydroxylation is 1. The number of aromatic nitrogens is 1. The predicted molar refractivity (Wildman–Crippen MR) is 99.2 cm³/mol. The Labute approximate surface area is 154 Å². The lowest BCUT2D eigenvalue weighted by atomic mass is 9.90. The van der Waals surface area contributed by atoms with Gasteiger partial charge in [0.15, 0.2) is 0 Å². The molecule has 1 aromatic heterocycles. The first-order valence-electron chi connectivity index (χ1n) is 9.03. The number of ether oxygens (including phenoxy) is 1. The molecule has 1 aromatic carbocycles. The average Bonchev–Trinajstić information content (AvgIpc) is 2.72. The minimum absolute atomic E-state index is 0.0636. The first kappa shape index (κ1) is 18.1. The zero-order valence-corrected chi connectivity index (χ0v) is 15.1. The van der Waals surface area contributed by atoms with Crippen LogP contribution in [0.4, 0.5) is 0 Å². The number of benzene rings is 1. The summed E-state index contributed by atoms with van der Waals surface area (Å²) < 4.78 is 5.09. The Bertz CT molecular complexity index is 761. The number of carbonyl (C=O) groups excluding carboxylic acids is 2. The summed E-state index contributed by atoms with van der Waals surface area (Å²) in [5.41, 5.74) is 1.72. The summed E-state index contributed by atoms with van der Waals surface area (Å²) >= 11 is 0. The van der Waals surface area contributed by atoms with Gasteiger partial charge in [-0.15, -0.1) is 0 Å². The zero-order valence-electron chi connectivity index (χ0n) is 15.1. The first-order valence-corrected chi connectivity index (χ1v) is 9.03. The second-order valence-electron chi connectivity index (χ2n) is 6.63. The van der Waals surface area contributed by atoms with E-state index >= 15 is 0 Å². The molecule has 1 aliphatic heterocycles. The van der Waals surface area contributed by atoms with Crippen LogP contribution in [0.3, 0.4) is 0 Å². The van der Waals surface area contributed by atoms with Gasteiger partial charge in [-0.2, -0.15) is 0 Å². The molecule has 1 aliphatic rings. The van der Waals surface area contributed by atoms with Crippen LogP contribution in [0.15, 0.2) is 48.7 Å². The van der Waals surface area contributed by atoms with Gasteiger partial charge in [0, 0.05) is 43.3 Å². The maximum absolute atomic E-state index is 12.7. The molecule has 2 heterocycles. The van der Waals surface area contributed by atoms with Crippen molar-refractivity contribution in [3.8, 4) is 5.88 Å². The number of hydrogen-bond donors (Lipinski definition) is 0. The van der Waals surface area contributed by atoms with Crippen molar-refractivity contribution in [2.45, 2.75) is 25.7 Å². The SMILES string of the molecule is COc1cc(C(=O)N2CCCC(C(=O)CCc3ccccc3)C2)ccn1. The van der Waals surface area contributed by atoms with E-state index in [2.05, 4.69) is 4.98 Å². The van der Waals surface area contributed by atoms with E-state index in [0.29, 0.717) is 31.0 Å². The molecule has 0 N–H and O–H groups in total. The summed E-state index contributed by atoms with van der Waals surface area (Å²) in [5, 5.41) is 0. The lowest BCUT2D eigenvalue weighted by Gasteiger charge is -2.32. The second kappa shape index (κ2) is 8.61. The number of rotatable bonds is 6. The van der Waals surface area contributed by atoms with Gasteiger partial charge in [0.2, 0.25) is 5.88 Å². The standard InChI is InChI=1S/C21H24N2O3/c1-26-20-14-17(11-12-22-20)21(25)23-13-5-8-18(15-23)19(24)10-9-16-6-3-2-4-7-16/h2-4,6-7,11-12,14,18H,5,8-10,13,15H2,1H3. The maximum atomic E-state index is 12.7. The first-order chi connectivity index (χ1) is 12.7. The third-order valence-corrected chi connectivity index (χ3v) is 4.86. The van der Waals surface area contributed by atoms with Crippen LogP contribution >= 0.6 is 0 Å². The largest absolute Gasteiger partial charge is 0.481 e. The number of amides is 1. The van der Waals surface area contributed by atoms with Crippen LogP contribution in [-0.4, -0.2) is 41.8 Å². The molecule has 0 aliphatic carbocycles. The van der Waals surface area contributed by atoms with Gasteiger partial charge in [0.1, 0.15) is 5.78 Å². The van der Waals surface area contributed by atoms with E-state index in [1.54, 1.807) is 23.2 Å². The highest BCUT2D eigenvalue weighted by Gasteiger charge is 2.28. The Morgan fingerprint density at radius 3 is 2.81 bits per heavy atom. The van der Waals surface area contributed by atoms with Gasteiger partial charge in [0.25, 0.3) is 5.91 Å². The van der Waals surface area contributed by atoms with E-state index in [9.17, 15) is 9.59 Å². The highest BCUT2D eigenvalue weighted by atomic mass is 16.5. The number of Topliss-reactive ketones (excluding diaryl/α,β-unsaturated/α-hetero) is 1.